The van der Waals surface area contributed by atoms with Crippen molar-refractivity contribution >= 4 is 34.4 Å². The van der Waals surface area contributed by atoms with Gasteiger partial charge in [0, 0.05) is 48.5 Å². The molecule has 2 aliphatic heterocycles. The first-order chi connectivity index (χ1) is 16.9. The van der Waals surface area contributed by atoms with Gasteiger partial charge in [-0.25, -0.2) is 14.4 Å². The number of piperidine rings is 1. The molecule has 0 aliphatic carbocycles. The third-order valence-electron chi connectivity index (χ3n) is 6.20. The van der Waals surface area contributed by atoms with Crippen molar-refractivity contribution in [3.05, 3.63) is 61.1 Å². The van der Waals surface area contributed by atoms with Crippen LogP contribution in [0.25, 0.3) is 16.9 Å². The first-order valence-electron chi connectivity index (χ1n) is 11.4. The summed E-state index contributed by atoms with van der Waals surface area (Å²) in [6.45, 7) is 0.665. The molecule has 2 aromatic carbocycles. The number of anilines is 4. The smallest absolute Gasteiger partial charge is 0.262 e. The average Bonchev–Trinajstić information content (AvgIpc) is 3.32. The van der Waals surface area contributed by atoms with Gasteiger partial charge in [0.15, 0.2) is 18.1 Å². The number of alkyl halides is 1. The van der Waals surface area contributed by atoms with Crippen molar-refractivity contribution in [2.24, 2.45) is 0 Å². The molecule has 1 fully saturated rings. The van der Waals surface area contributed by atoms with Gasteiger partial charge in [-0.2, -0.15) is 0 Å². The van der Waals surface area contributed by atoms with Crippen LogP contribution in [0.5, 0.6) is 5.75 Å². The fourth-order valence-corrected chi connectivity index (χ4v) is 4.50. The minimum atomic E-state index is -2.16. The van der Waals surface area contributed by atoms with E-state index in [2.05, 4.69) is 15.6 Å². The number of hydrogen-bond donors (Lipinski definition) is 3. The van der Waals surface area contributed by atoms with E-state index in [1.54, 1.807) is 6.20 Å². The molecule has 178 valence electrons. The normalized spacial score (nSPS) is 19.7. The van der Waals surface area contributed by atoms with Crippen molar-refractivity contribution in [3.63, 3.8) is 0 Å². The van der Waals surface area contributed by atoms with E-state index in [4.69, 9.17) is 9.72 Å². The lowest BCUT2D eigenvalue weighted by Gasteiger charge is -2.35. The molecular weight excluding hydrogens is 451 g/mol. The molecule has 0 spiro atoms. The number of carbonyl (C=O) groups excluding carboxylic acids is 1. The lowest BCUT2D eigenvalue weighted by Crippen LogP contribution is -2.45. The summed E-state index contributed by atoms with van der Waals surface area (Å²) in [5.41, 5.74) is 4.40. The molecule has 6 rings (SSSR count). The minimum absolute atomic E-state index is 0.00482. The largest absolute Gasteiger partial charge is 0.482 e. The topological polar surface area (TPSA) is 104 Å². The standard InChI is InChI=1S/C25H23FN6O3/c26-25(34)8-1-10-32(15-25)18-5-3-17(4-6-18)28-23-24-27-9-11-31(24)13-20(30-23)16-2-7-21-19(12-16)29-22(33)14-35-21/h2-7,9,11-13,34H,1,8,10,14-15H2,(H,28,30)(H,29,33)/t25-/m1/s1. The molecule has 1 atom stereocenters. The lowest BCUT2D eigenvalue weighted by molar-refractivity contribution is -0.118. The molecule has 1 amide bonds. The zero-order valence-corrected chi connectivity index (χ0v) is 18.7. The van der Waals surface area contributed by atoms with E-state index in [-0.39, 0.29) is 25.5 Å². The van der Waals surface area contributed by atoms with Gasteiger partial charge >= 0.3 is 0 Å². The molecule has 2 aromatic heterocycles. The number of β-amino-alcohol motifs (C(OH)–C–C–N with tert-alkyl or cyclic N) is 1. The maximum Gasteiger partial charge on any atom is 0.262 e. The summed E-state index contributed by atoms with van der Waals surface area (Å²) in [5.74, 6) is -1.17. The highest BCUT2D eigenvalue weighted by Gasteiger charge is 2.32. The summed E-state index contributed by atoms with van der Waals surface area (Å²) in [6, 6.07) is 13.1. The second-order valence-corrected chi connectivity index (χ2v) is 8.80. The highest BCUT2D eigenvalue weighted by atomic mass is 19.2. The number of ether oxygens (including phenoxy) is 1. The zero-order valence-electron chi connectivity index (χ0n) is 18.7. The number of nitrogens with one attached hydrogen (secondary N) is 2. The summed E-state index contributed by atoms with van der Waals surface area (Å²) >= 11 is 0. The number of halogens is 1. The van der Waals surface area contributed by atoms with Crippen LogP contribution >= 0.6 is 0 Å². The van der Waals surface area contributed by atoms with Gasteiger partial charge in [-0.15, -0.1) is 0 Å². The van der Waals surface area contributed by atoms with E-state index in [1.807, 2.05) is 64.2 Å². The van der Waals surface area contributed by atoms with Crippen LogP contribution < -0.4 is 20.3 Å². The van der Waals surface area contributed by atoms with Crippen LogP contribution in [0.4, 0.5) is 27.3 Å². The Morgan fingerprint density at radius 3 is 2.89 bits per heavy atom. The van der Waals surface area contributed by atoms with E-state index < -0.39 is 5.85 Å². The van der Waals surface area contributed by atoms with Gasteiger partial charge in [0.05, 0.1) is 17.9 Å². The summed E-state index contributed by atoms with van der Waals surface area (Å²) in [4.78, 5) is 22.8. The van der Waals surface area contributed by atoms with Gasteiger partial charge in [0.25, 0.3) is 5.91 Å². The fourth-order valence-electron chi connectivity index (χ4n) is 4.50. The first-order valence-corrected chi connectivity index (χ1v) is 11.4. The van der Waals surface area contributed by atoms with Crippen molar-refractivity contribution in [1.29, 1.82) is 0 Å². The fraction of sp³-hybridized carbons (Fsp3) is 0.240. The Bertz CT molecular complexity index is 1420. The van der Waals surface area contributed by atoms with Crippen LogP contribution in [0, 0.1) is 0 Å². The second kappa shape index (κ2) is 8.24. The highest BCUT2D eigenvalue weighted by molar-refractivity contribution is 5.96. The number of benzene rings is 2. The molecule has 10 heteroatoms. The molecule has 0 bridgehead atoms. The number of rotatable bonds is 4. The molecule has 0 radical (unpaired) electrons. The lowest BCUT2D eigenvalue weighted by atomic mass is 10.1. The van der Waals surface area contributed by atoms with Crippen molar-refractivity contribution in [3.8, 4) is 17.0 Å². The van der Waals surface area contributed by atoms with Crippen molar-refractivity contribution in [2.75, 3.05) is 35.2 Å². The maximum absolute atomic E-state index is 14.0. The Balaban J connectivity index is 1.29. The highest BCUT2D eigenvalue weighted by Crippen LogP contribution is 2.33. The molecule has 3 N–H and O–H groups in total. The van der Waals surface area contributed by atoms with Crippen LogP contribution in [-0.4, -0.2) is 50.9 Å². The number of carbonyl (C=O) groups is 1. The van der Waals surface area contributed by atoms with E-state index in [1.165, 1.54) is 0 Å². The number of aliphatic hydroxyl groups is 1. The summed E-state index contributed by atoms with van der Waals surface area (Å²) in [7, 11) is 0. The second-order valence-electron chi connectivity index (χ2n) is 8.80. The Morgan fingerprint density at radius 1 is 1.20 bits per heavy atom. The predicted molar refractivity (Wildman–Crippen MR) is 130 cm³/mol. The van der Waals surface area contributed by atoms with Gasteiger partial charge in [-0.1, -0.05) is 0 Å². The molecule has 4 heterocycles. The Labute approximate surface area is 200 Å². The van der Waals surface area contributed by atoms with Crippen LogP contribution in [0.3, 0.4) is 0 Å². The summed E-state index contributed by atoms with van der Waals surface area (Å²) < 4.78 is 21.4. The SMILES string of the molecule is O=C1COc2ccc(-c3cn4ccnc4c(Nc4ccc(N5CCC[C@](O)(F)C5)cc4)n3)cc2N1. The molecule has 0 saturated carbocycles. The zero-order chi connectivity index (χ0) is 24.0. The van der Waals surface area contributed by atoms with Crippen molar-refractivity contribution in [1.82, 2.24) is 14.4 Å². The molecule has 1 saturated heterocycles. The number of aromatic nitrogens is 3. The number of fused-ring (bicyclic) bond motifs is 2. The third-order valence-corrected chi connectivity index (χ3v) is 6.20. The van der Waals surface area contributed by atoms with E-state index in [9.17, 15) is 14.3 Å². The Kier molecular flexibility index (Phi) is 5.03. The monoisotopic (exact) mass is 474 g/mol. The molecule has 35 heavy (non-hydrogen) atoms. The Hall–Kier alpha value is -4.18. The average molecular weight is 474 g/mol. The Morgan fingerprint density at radius 2 is 2.06 bits per heavy atom. The molecule has 4 aromatic rings. The van der Waals surface area contributed by atoms with Crippen molar-refractivity contribution in [2.45, 2.75) is 18.7 Å². The molecule has 9 nitrogen and oxygen atoms in total. The van der Waals surface area contributed by atoms with Gasteiger partial charge in [-0.3, -0.25) is 4.79 Å². The summed E-state index contributed by atoms with van der Waals surface area (Å²) in [5, 5.41) is 15.9. The third kappa shape index (κ3) is 4.24. The van der Waals surface area contributed by atoms with Crippen LogP contribution in [-0.2, 0) is 4.79 Å². The van der Waals surface area contributed by atoms with E-state index >= 15 is 0 Å². The van der Waals surface area contributed by atoms with Gasteiger partial charge < -0.3 is 29.8 Å². The molecular formula is C25H23FN6O3. The van der Waals surface area contributed by atoms with Crippen LogP contribution in [0.2, 0.25) is 0 Å². The maximum atomic E-state index is 14.0. The predicted octanol–water partition coefficient (Wildman–Crippen LogP) is 3.73. The number of amides is 1. The van der Waals surface area contributed by atoms with Gasteiger partial charge in [0.2, 0.25) is 5.85 Å². The van der Waals surface area contributed by atoms with E-state index in [0.717, 1.165) is 16.9 Å². The number of nitrogens with zero attached hydrogens (tertiary/aromatic N) is 4. The first kappa shape index (κ1) is 21.4. The van der Waals surface area contributed by atoms with Gasteiger partial charge in [-0.05, 0) is 48.9 Å². The number of hydrogen-bond acceptors (Lipinski definition) is 7. The van der Waals surface area contributed by atoms with Crippen LogP contribution in [0.1, 0.15) is 12.8 Å². The number of imidazole rings is 1. The molecule has 0 unspecified atom stereocenters. The molecule has 2 aliphatic rings. The minimum Gasteiger partial charge on any atom is -0.482 e. The van der Waals surface area contributed by atoms with E-state index in [0.29, 0.717) is 41.6 Å². The van der Waals surface area contributed by atoms with Gasteiger partial charge in [0.1, 0.15) is 5.75 Å². The quantitative estimate of drug-likeness (QED) is 0.414. The van der Waals surface area contributed by atoms with Crippen LogP contribution in [0.15, 0.2) is 61.1 Å². The summed E-state index contributed by atoms with van der Waals surface area (Å²) in [6.07, 6.45) is 6.17. The van der Waals surface area contributed by atoms with Crippen molar-refractivity contribution < 1.29 is 19.0 Å².